The van der Waals surface area contributed by atoms with Gasteiger partial charge in [-0.1, -0.05) is 13.0 Å². The molecule has 1 fully saturated rings. The first kappa shape index (κ1) is 17.8. The number of benzene rings is 1. The molecule has 1 saturated carbocycles. The van der Waals surface area contributed by atoms with Crippen LogP contribution in [0.3, 0.4) is 0 Å². The van der Waals surface area contributed by atoms with Gasteiger partial charge >= 0.3 is 0 Å². The number of ether oxygens (including phenoxy) is 1. The van der Waals surface area contributed by atoms with Gasteiger partial charge in [0.2, 0.25) is 11.8 Å². The van der Waals surface area contributed by atoms with Crippen LogP contribution >= 0.6 is 0 Å². The number of aromatic nitrogens is 1. The Morgan fingerprint density at radius 1 is 1.30 bits per heavy atom. The van der Waals surface area contributed by atoms with Crippen LogP contribution in [0.4, 0.5) is 15.9 Å². The van der Waals surface area contributed by atoms with Gasteiger partial charge in [0.1, 0.15) is 11.6 Å². The molecule has 0 spiro atoms. The molecular weight excluding hydrogens is 345 g/mol. The lowest BCUT2D eigenvalue weighted by Crippen LogP contribution is -2.51. The fourth-order valence-corrected chi connectivity index (χ4v) is 4.30. The molecule has 1 aliphatic heterocycles. The van der Waals surface area contributed by atoms with E-state index >= 15 is 0 Å². The van der Waals surface area contributed by atoms with E-state index in [1.54, 1.807) is 26.2 Å². The van der Waals surface area contributed by atoms with Crippen LogP contribution in [-0.4, -0.2) is 24.0 Å². The van der Waals surface area contributed by atoms with Gasteiger partial charge in [-0.2, -0.15) is 4.98 Å². The van der Waals surface area contributed by atoms with E-state index < -0.39 is 0 Å². The number of amides is 1. The highest BCUT2D eigenvalue weighted by Crippen LogP contribution is 2.50. The van der Waals surface area contributed by atoms with Crippen LogP contribution in [0.25, 0.3) is 0 Å². The molecule has 1 aliphatic carbocycles. The summed E-state index contributed by atoms with van der Waals surface area (Å²) in [6.45, 7) is 3.72. The summed E-state index contributed by atoms with van der Waals surface area (Å²) in [6.07, 6.45) is 2.25. The normalized spacial score (nSPS) is 24.3. The third-order valence-electron chi connectivity index (χ3n) is 5.63. The Labute approximate surface area is 158 Å². The molecule has 1 aromatic heterocycles. The largest absolute Gasteiger partial charge is 0.481 e. The maximum atomic E-state index is 14.1. The third kappa shape index (κ3) is 3.24. The lowest BCUT2D eigenvalue weighted by atomic mass is 9.80. The summed E-state index contributed by atoms with van der Waals surface area (Å²) in [4.78, 5) is 18.8. The standard InChI is InChI=1S/C21H24FN3O2/c1-12-20(24-18-5-4-6-19(23-18)27-3)16-11-15(22)9-10-17(16)25(13(2)26)21(12)14-7-8-14/h4-6,9-12,14,20-21H,7-8H2,1-3H3,(H,23,24)/t12-,20?,21-/m1/s1. The fraction of sp³-hybridized carbons (Fsp3) is 0.429. The maximum absolute atomic E-state index is 14.1. The summed E-state index contributed by atoms with van der Waals surface area (Å²) in [6, 6.07) is 10.2. The lowest BCUT2D eigenvalue weighted by Gasteiger charge is -2.45. The maximum Gasteiger partial charge on any atom is 0.224 e. The van der Waals surface area contributed by atoms with Crippen LogP contribution in [0.1, 0.15) is 38.3 Å². The molecule has 2 heterocycles. The molecule has 1 aromatic carbocycles. The zero-order valence-electron chi connectivity index (χ0n) is 15.8. The number of methoxy groups -OCH3 is 1. The number of nitrogens with one attached hydrogen (secondary N) is 1. The number of rotatable bonds is 4. The van der Waals surface area contributed by atoms with Crippen molar-refractivity contribution in [1.29, 1.82) is 0 Å². The van der Waals surface area contributed by atoms with Crippen LogP contribution in [0, 0.1) is 17.7 Å². The summed E-state index contributed by atoms with van der Waals surface area (Å²) in [5.74, 6) is 1.50. The zero-order chi connectivity index (χ0) is 19.1. The minimum absolute atomic E-state index is 0.00423. The number of fused-ring (bicyclic) bond motifs is 1. The average molecular weight is 369 g/mol. The quantitative estimate of drug-likeness (QED) is 0.879. The van der Waals surface area contributed by atoms with E-state index in [1.807, 2.05) is 17.0 Å². The molecule has 142 valence electrons. The number of halogens is 1. The first-order chi connectivity index (χ1) is 13.0. The van der Waals surface area contributed by atoms with Crippen molar-refractivity contribution in [2.45, 2.75) is 38.8 Å². The molecule has 1 N–H and O–H groups in total. The van der Waals surface area contributed by atoms with Gasteiger partial charge in [-0.25, -0.2) is 4.39 Å². The molecular formula is C21H24FN3O2. The number of carbonyl (C=O) groups excluding carboxylic acids is 1. The molecule has 27 heavy (non-hydrogen) atoms. The predicted molar refractivity (Wildman–Crippen MR) is 102 cm³/mol. The van der Waals surface area contributed by atoms with Gasteiger partial charge < -0.3 is 15.0 Å². The molecule has 3 atom stereocenters. The van der Waals surface area contributed by atoms with E-state index in [4.69, 9.17) is 4.74 Å². The third-order valence-corrected chi connectivity index (χ3v) is 5.63. The summed E-state index contributed by atoms with van der Waals surface area (Å²) in [5.41, 5.74) is 1.58. The van der Waals surface area contributed by atoms with Crippen LogP contribution in [-0.2, 0) is 4.79 Å². The monoisotopic (exact) mass is 369 g/mol. The highest BCUT2D eigenvalue weighted by Gasteiger charge is 2.47. The van der Waals surface area contributed by atoms with E-state index in [1.165, 1.54) is 12.1 Å². The second-order valence-corrected chi connectivity index (χ2v) is 7.47. The highest BCUT2D eigenvalue weighted by molar-refractivity contribution is 5.94. The van der Waals surface area contributed by atoms with Gasteiger partial charge in [0, 0.05) is 36.2 Å². The molecule has 2 aliphatic rings. The number of anilines is 2. The summed E-state index contributed by atoms with van der Waals surface area (Å²) in [7, 11) is 1.58. The Kier molecular flexibility index (Phi) is 4.50. The van der Waals surface area contributed by atoms with Gasteiger partial charge in [0.05, 0.1) is 13.2 Å². The van der Waals surface area contributed by atoms with Gasteiger partial charge in [-0.15, -0.1) is 0 Å². The molecule has 5 nitrogen and oxygen atoms in total. The van der Waals surface area contributed by atoms with Crippen molar-refractivity contribution in [3.8, 4) is 5.88 Å². The van der Waals surface area contributed by atoms with Crippen LogP contribution in [0.5, 0.6) is 5.88 Å². The van der Waals surface area contributed by atoms with Crippen LogP contribution < -0.4 is 15.0 Å². The van der Waals surface area contributed by atoms with Crippen molar-refractivity contribution in [1.82, 2.24) is 4.98 Å². The SMILES string of the molecule is COc1cccc(NC2c3cc(F)ccc3N(C(C)=O)[C@@H](C3CC3)[C@@H]2C)n1. The number of hydrogen-bond donors (Lipinski definition) is 1. The van der Waals surface area contributed by atoms with Gasteiger partial charge in [0.15, 0.2) is 0 Å². The molecule has 0 bridgehead atoms. The van der Waals surface area contributed by atoms with Crippen molar-refractivity contribution < 1.29 is 13.9 Å². The van der Waals surface area contributed by atoms with Crippen molar-refractivity contribution >= 4 is 17.4 Å². The Hall–Kier alpha value is -2.63. The smallest absolute Gasteiger partial charge is 0.224 e. The van der Waals surface area contributed by atoms with E-state index in [0.717, 1.165) is 24.1 Å². The molecule has 0 saturated heterocycles. The number of carbonyl (C=O) groups is 1. The molecule has 6 heteroatoms. The van der Waals surface area contributed by atoms with Crippen molar-refractivity contribution in [2.75, 3.05) is 17.3 Å². The van der Waals surface area contributed by atoms with E-state index in [2.05, 4.69) is 17.2 Å². The van der Waals surface area contributed by atoms with Crippen LogP contribution in [0.15, 0.2) is 36.4 Å². The van der Waals surface area contributed by atoms with E-state index in [0.29, 0.717) is 17.6 Å². The van der Waals surface area contributed by atoms with Gasteiger partial charge in [0.25, 0.3) is 0 Å². The Bertz CT molecular complexity index is 868. The van der Waals surface area contributed by atoms with Gasteiger partial charge in [-0.05, 0) is 43.0 Å². The number of pyridine rings is 1. The van der Waals surface area contributed by atoms with Gasteiger partial charge in [-0.3, -0.25) is 4.79 Å². The lowest BCUT2D eigenvalue weighted by molar-refractivity contribution is -0.117. The predicted octanol–water partition coefficient (Wildman–Crippen LogP) is 4.16. The van der Waals surface area contributed by atoms with Crippen molar-refractivity contribution in [3.05, 3.63) is 47.8 Å². The summed E-state index contributed by atoms with van der Waals surface area (Å²) >= 11 is 0. The number of hydrogen-bond acceptors (Lipinski definition) is 4. The Morgan fingerprint density at radius 3 is 2.74 bits per heavy atom. The zero-order valence-corrected chi connectivity index (χ0v) is 15.8. The minimum Gasteiger partial charge on any atom is -0.481 e. The average Bonchev–Trinajstić information content (AvgIpc) is 3.48. The molecule has 1 unspecified atom stereocenters. The van der Waals surface area contributed by atoms with E-state index in [-0.39, 0.29) is 29.7 Å². The summed E-state index contributed by atoms with van der Waals surface area (Å²) in [5, 5.41) is 3.47. The van der Waals surface area contributed by atoms with Crippen molar-refractivity contribution in [3.63, 3.8) is 0 Å². The molecule has 4 rings (SSSR count). The highest BCUT2D eigenvalue weighted by atomic mass is 19.1. The second kappa shape index (κ2) is 6.83. The Balaban J connectivity index is 1.78. The topological polar surface area (TPSA) is 54.5 Å². The molecule has 0 radical (unpaired) electrons. The van der Waals surface area contributed by atoms with E-state index in [9.17, 15) is 9.18 Å². The summed E-state index contributed by atoms with van der Waals surface area (Å²) < 4.78 is 19.3. The first-order valence-corrected chi connectivity index (χ1v) is 9.36. The first-order valence-electron chi connectivity index (χ1n) is 9.36. The minimum atomic E-state index is -0.306. The Morgan fingerprint density at radius 2 is 2.07 bits per heavy atom. The number of nitrogens with zero attached hydrogens (tertiary/aromatic N) is 2. The fourth-order valence-electron chi connectivity index (χ4n) is 4.30. The molecule has 2 aromatic rings. The van der Waals surface area contributed by atoms with Crippen LogP contribution in [0.2, 0.25) is 0 Å². The molecule has 1 amide bonds. The second-order valence-electron chi connectivity index (χ2n) is 7.47. The van der Waals surface area contributed by atoms with Crippen molar-refractivity contribution in [2.24, 2.45) is 11.8 Å².